The Bertz CT molecular complexity index is 320. The molecule has 16 heavy (non-hydrogen) atoms. The Labute approximate surface area is 98.8 Å². The molecular weight excluding hydrogens is 198 g/mol. The molecule has 1 rings (SSSR count). The lowest BCUT2D eigenvalue weighted by atomic mass is 9.88. The largest absolute Gasteiger partial charge is 0.493 e. The van der Waals surface area contributed by atoms with Gasteiger partial charge in [0.25, 0.3) is 0 Å². The lowest BCUT2D eigenvalue weighted by Crippen LogP contribution is -2.24. The predicted octanol–water partition coefficient (Wildman–Crippen LogP) is 3.14. The maximum absolute atomic E-state index is 5.74. The average molecular weight is 221 g/mol. The van der Waals surface area contributed by atoms with Crippen LogP contribution >= 0.6 is 0 Å². The summed E-state index contributed by atoms with van der Waals surface area (Å²) in [6.07, 6.45) is 2.16. The van der Waals surface area contributed by atoms with E-state index in [4.69, 9.17) is 10.5 Å². The topological polar surface area (TPSA) is 35.2 Å². The van der Waals surface area contributed by atoms with Crippen molar-refractivity contribution in [2.75, 3.05) is 13.2 Å². The molecule has 2 N–H and O–H groups in total. The highest BCUT2D eigenvalue weighted by Gasteiger charge is 2.14. The summed E-state index contributed by atoms with van der Waals surface area (Å²) in [5, 5.41) is 0. The second-order valence-electron chi connectivity index (χ2n) is 5.09. The molecule has 0 aliphatic rings. The van der Waals surface area contributed by atoms with Crippen molar-refractivity contribution in [1.82, 2.24) is 0 Å². The molecule has 0 aliphatic carbocycles. The van der Waals surface area contributed by atoms with Gasteiger partial charge in [-0.2, -0.15) is 0 Å². The zero-order valence-electron chi connectivity index (χ0n) is 10.6. The summed E-state index contributed by atoms with van der Waals surface area (Å²) in [7, 11) is 0. The first-order valence-corrected chi connectivity index (χ1v) is 5.94. The molecule has 1 aromatic rings. The third kappa shape index (κ3) is 4.23. The lowest BCUT2D eigenvalue weighted by molar-refractivity contribution is 0.260. The zero-order valence-corrected chi connectivity index (χ0v) is 10.6. The van der Waals surface area contributed by atoms with Crippen molar-refractivity contribution >= 4 is 0 Å². The minimum absolute atomic E-state index is 0.231. The summed E-state index contributed by atoms with van der Waals surface area (Å²) in [5.41, 5.74) is 7.11. The molecule has 0 unspecified atom stereocenters. The van der Waals surface area contributed by atoms with Crippen LogP contribution in [0.1, 0.15) is 32.3 Å². The summed E-state index contributed by atoms with van der Waals surface area (Å²) in [4.78, 5) is 0. The molecule has 0 heterocycles. The standard InChI is InChI=1S/C14H23NO/c1-12-7-4-5-8-13(12)16-10-6-9-14(2,3)11-15/h4-5,7-8H,6,9-11,15H2,1-3H3. The Morgan fingerprint density at radius 3 is 2.56 bits per heavy atom. The molecule has 0 saturated carbocycles. The summed E-state index contributed by atoms with van der Waals surface area (Å²) in [5.74, 6) is 0.994. The summed E-state index contributed by atoms with van der Waals surface area (Å²) in [6, 6.07) is 8.12. The monoisotopic (exact) mass is 221 g/mol. The fraction of sp³-hybridized carbons (Fsp3) is 0.571. The van der Waals surface area contributed by atoms with Crippen LogP contribution in [-0.4, -0.2) is 13.2 Å². The van der Waals surface area contributed by atoms with E-state index in [1.54, 1.807) is 0 Å². The van der Waals surface area contributed by atoms with Crippen LogP contribution in [0.4, 0.5) is 0 Å². The molecule has 0 aliphatic heterocycles. The van der Waals surface area contributed by atoms with Crippen LogP contribution in [0.5, 0.6) is 5.75 Å². The summed E-state index contributed by atoms with van der Waals surface area (Å²) < 4.78 is 5.74. The van der Waals surface area contributed by atoms with E-state index in [2.05, 4.69) is 26.8 Å². The minimum Gasteiger partial charge on any atom is -0.493 e. The zero-order chi connectivity index (χ0) is 12.0. The van der Waals surface area contributed by atoms with E-state index < -0.39 is 0 Å². The van der Waals surface area contributed by atoms with Crippen molar-refractivity contribution < 1.29 is 4.74 Å². The van der Waals surface area contributed by atoms with Gasteiger partial charge in [-0.15, -0.1) is 0 Å². The lowest BCUT2D eigenvalue weighted by Gasteiger charge is -2.22. The van der Waals surface area contributed by atoms with E-state index in [1.807, 2.05) is 18.2 Å². The van der Waals surface area contributed by atoms with Gasteiger partial charge in [0, 0.05) is 0 Å². The molecule has 90 valence electrons. The Hall–Kier alpha value is -1.02. The van der Waals surface area contributed by atoms with Crippen molar-refractivity contribution in [1.29, 1.82) is 0 Å². The molecule has 0 spiro atoms. The first-order valence-electron chi connectivity index (χ1n) is 5.94. The number of rotatable bonds is 6. The van der Waals surface area contributed by atoms with Crippen molar-refractivity contribution in [2.45, 2.75) is 33.6 Å². The van der Waals surface area contributed by atoms with E-state index in [1.165, 1.54) is 5.56 Å². The van der Waals surface area contributed by atoms with E-state index >= 15 is 0 Å². The number of ether oxygens (including phenoxy) is 1. The molecule has 0 bridgehead atoms. The quantitative estimate of drug-likeness (QED) is 0.749. The Morgan fingerprint density at radius 2 is 1.94 bits per heavy atom. The predicted molar refractivity (Wildman–Crippen MR) is 68.7 cm³/mol. The van der Waals surface area contributed by atoms with Gasteiger partial charge < -0.3 is 10.5 Å². The molecule has 0 amide bonds. The van der Waals surface area contributed by atoms with Crippen LogP contribution in [0.25, 0.3) is 0 Å². The van der Waals surface area contributed by atoms with E-state index in [-0.39, 0.29) is 5.41 Å². The minimum atomic E-state index is 0.231. The highest BCUT2D eigenvalue weighted by molar-refractivity contribution is 5.31. The van der Waals surface area contributed by atoms with Crippen molar-refractivity contribution in [3.05, 3.63) is 29.8 Å². The molecular formula is C14H23NO. The number of hydrogen-bond donors (Lipinski definition) is 1. The van der Waals surface area contributed by atoms with Gasteiger partial charge in [0.05, 0.1) is 6.61 Å². The molecule has 1 aromatic carbocycles. The number of para-hydroxylation sites is 1. The second kappa shape index (κ2) is 5.90. The highest BCUT2D eigenvalue weighted by Crippen LogP contribution is 2.21. The highest BCUT2D eigenvalue weighted by atomic mass is 16.5. The summed E-state index contributed by atoms with van der Waals surface area (Å²) in [6.45, 7) is 7.96. The van der Waals surface area contributed by atoms with E-state index in [0.29, 0.717) is 0 Å². The smallest absolute Gasteiger partial charge is 0.122 e. The molecule has 0 fully saturated rings. The van der Waals surface area contributed by atoms with Gasteiger partial charge in [-0.1, -0.05) is 32.0 Å². The van der Waals surface area contributed by atoms with Crippen molar-refractivity contribution in [3.8, 4) is 5.75 Å². The first kappa shape index (κ1) is 13.0. The average Bonchev–Trinajstić information content (AvgIpc) is 2.27. The Balaban J connectivity index is 2.29. The normalized spacial score (nSPS) is 11.5. The van der Waals surface area contributed by atoms with Gasteiger partial charge in [-0.05, 0) is 43.4 Å². The maximum Gasteiger partial charge on any atom is 0.122 e. The van der Waals surface area contributed by atoms with Crippen LogP contribution in [-0.2, 0) is 0 Å². The Morgan fingerprint density at radius 1 is 1.25 bits per heavy atom. The van der Waals surface area contributed by atoms with Crippen molar-refractivity contribution in [3.63, 3.8) is 0 Å². The molecule has 2 heteroatoms. The summed E-state index contributed by atoms with van der Waals surface area (Å²) >= 11 is 0. The molecule has 0 radical (unpaired) electrons. The number of benzene rings is 1. The molecule has 0 atom stereocenters. The molecule has 0 saturated heterocycles. The van der Waals surface area contributed by atoms with Gasteiger partial charge in [-0.3, -0.25) is 0 Å². The fourth-order valence-corrected chi connectivity index (χ4v) is 1.55. The third-order valence-corrected chi connectivity index (χ3v) is 2.90. The van der Waals surface area contributed by atoms with Crippen molar-refractivity contribution in [2.24, 2.45) is 11.1 Å². The van der Waals surface area contributed by atoms with Crippen LogP contribution < -0.4 is 10.5 Å². The Kier molecular flexibility index (Phi) is 4.81. The second-order valence-corrected chi connectivity index (χ2v) is 5.09. The van der Waals surface area contributed by atoms with Crippen LogP contribution in [0.2, 0.25) is 0 Å². The van der Waals surface area contributed by atoms with Gasteiger partial charge in [0.15, 0.2) is 0 Å². The fourth-order valence-electron chi connectivity index (χ4n) is 1.55. The van der Waals surface area contributed by atoms with Gasteiger partial charge in [-0.25, -0.2) is 0 Å². The number of aryl methyl sites for hydroxylation is 1. The van der Waals surface area contributed by atoms with Gasteiger partial charge in [0.1, 0.15) is 5.75 Å². The van der Waals surface area contributed by atoms with E-state index in [9.17, 15) is 0 Å². The van der Waals surface area contributed by atoms with Gasteiger partial charge in [0.2, 0.25) is 0 Å². The first-order chi connectivity index (χ1) is 7.55. The molecule has 2 nitrogen and oxygen atoms in total. The molecule has 0 aromatic heterocycles. The maximum atomic E-state index is 5.74. The number of nitrogens with two attached hydrogens (primary N) is 1. The van der Waals surface area contributed by atoms with E-state index in [0.717, 1.165) is 31.7 Å². The third-order valence-electron chi connectivity index (χ3n) is 2.90. The number of hydrogen-bond acceptors (Lipinski definition) is 2. The van der Waals surface area contributed by atoms with Crippen LogP contribution in [0.3, 0.4) is 0 Å². The van der Waals surface area contributed by atoms with Crippen LogP contribution in [0.15, 0.2) is 24.3 Å². The SMILES string of the molecule is Cc1ccccc1OCCCC(C)(C)CN. The van der Waals surface area contributed by atoms with Crippen LogP contribution in [0, 0.1) is 12.3 Å². The van der Waals surface area contributed by atoms with Gasteiger partial charge >= 0.3 is 0 Å².